The minimum Gasteiger partial charge on any atom is -0.352 e. The van der Waals surface area contributed by atoms with E-state index in [0.29, 0.717) is 13.0 Å². The first kappa shape index (κ1) is 9.83. The van der Waals surface area contributed by atoms with Crippen LogP contribution in [-0.2, 0) is 4.79 Å². The summed E-state index contributed by atoms with van der Waals surface area (Å²) in [6, 6.07) is -0.0162. The number of carbonyl (C=O) groups is 2. The summed E-state index contributed by atoms with van der Waals surface area (Å²) in [5.74, 6) is 0.0732. The predicted octanol–water partition coefficient (Wildman–Crippen LogP) is -0.464. The van der Waals surface area contributed by atoms with E-state index in [4.69, 9.17) is 0 Å². The molecule has 1 fully saturated rings. The third-order valence-corrected chi connectivity index (χ3v) is 1.99. The fourth-order valence-electron chi connectivity index (χ4n) is 1.20. The zero-order chi connectivity index (χ0) is 9.84. The number of carbonyl (C=O) groups excluding carboxylic acids is 2. The fraction of sp³-hybridized carbons (Fsp3) is 0.750. The van der Waals surface area contributed by atoms with Gasteiger partial charge in [0, 0.05) is 33.1 Å². The number of rotatable bonds is 2. The summed E-state index contributed by atoms with van der Waals surface area (Å²) in [5.41, 5.74) is 0. The molecule has 0 bridgehead atoms. The van der Waals surface area contributed by atoms with Gasteiger partial charge in [-0.1, -0.05) is 0 Å². The van der Waals surface area contributed by atoms with Crippen molar-refractivity contribution >= 4 is 11.9 Å². The summed E-state index contributed by atoms with van der Waals surface area (Å²) in [6.07, 6.45) is 1.38. The molecule has 1 heterocycles. The molecule has 0 aliphatic carbocycles. The zero-order valence-corrected chi connectivity index (χ0v) is 7.96. The number of hydrogen-bond donors (Lipinski definition) is 2. The van der Waals surface area contributed by atoms with Gasteiger partial charge in [-0.15, -0.1) is 0 Å². The minimum atomic E-state index is -0.124. The molecule has 0 aromatic carbocycles. The highest BCUT2D eigenvalue weighted by molar-refractivity contribution is 5.78. The Labute approximate surface area is 77.5 Å². The molecule has 0 radical (unpaired) electrons. The molecule has 0 saturated carbocycles. The van der Waals surface area contributed by atoms with Crippen LogP contribution in [0.15, 0.2) is 0 Å². The first-order chi connectivity index (χ1) is 6.09. The lowest BCUT2D eigenvalue weighted by Gasteiger charge is -2.15. The van der Waals surface area contributed by atoms with Crippen molar-refractivity contribution in [1.29, 1.82) is 0 Å². The molecule has 5 nitrogen and oxygen atoms in total. The van der Waals surface area contributed by atoms with Gasteiger partial charge in [-0.3, -0.25) is 4.79 Å². The Morgan fingerprint density at radius 2 is 2.38 bits per heavy atom. The summed E-state index contributed by atoms with van der Waals surface area (Å²) in [5, 5.41) is 5.49. The highest BCUT2D eigenvalue weighted by Crippen LogP contribution is 2.04. The Morgan fingerprint density at radius 1 is 1.69 bits per heavy atom. The van der Waals surface area contributed by atoms with Crippen molar-refractivity contribution in [1.82, 2.24) is 15.5 Å². The van der Waals surface area contributed by atoms with Crippen LogP contribution in [0.3, 0.4) is 0 Å². The van der Waals surface area contributed by atoms with E-state index in [0.717, 1.165) is 6.42 Å². The summed E-state index contributed by atoms with van der Waals surface area (Å²) in [4.78, 5) is 23.3. The lowest BCUT2D eigenvalue weighted by molar-refractivity contribution is -0.119. The Morgan fingerprint density at radius 3 is 2.85 bits per heavy atom. The molecule has 1 aliphatic rings. The molecule has 1 unspecified atom stereocenters. The van der Waals surface area contributed by atoms with E-state index in [1.54, 1.807) is 14.1 Å². The second-order valence-electron chi connectivity index (χ2n) is 3.38. The lowest BCUT2D eigenvalue weighted by atomic mass is 10.2. The first-order valence-corrected chi connectivity index (χ1v) is 4.34. The topological polar surface area (TPSA) is 61.4 Å². The summed E-state index contributed by atoms with van der Waals surface area (Å²) < 4.78 is 0. The summed E-state index contributed by atoms with van der Waals surface area (Å²) >= 11 is 0. The molecule has 2 N–H and O–H groups in total. The van der Waals surface area contributed by atoms with Gasteiger partial charge in [0.05, 0.1) is 0 Å². The van der Waals surface area contributed by atoms with Crippen LogP contribution >= 0.6 is 0 Å². The first-order valence-electron chi connectivity index (χ1n) is 4.34. The molecule has 0 aromatic rings. The van der Waals surface area contributed by atoms with E-state index in [-0.39, 0.29) is 18.0 Å². The lowest BCUT2D eigenvalue weighted by Crippen LogP contribution is -2.42. The standard InChI is InChI=1S/C8H15N3O2/c1-11(2)8(13)9-5-6-3-4-7(12)10-6/h6H,3-5H2,1-2H3,(H,9,13)(H,10,12). The van der Waals surface area contributed by atoms with Gasteiger partial charge < -0.3 is 15.5 Å². The molecule has 13 heavy (non-hydrogen) atoms. The van der Waals surface area contributed by atoms with Gasteiger partial charge in [0.2, 0.25) is 5.91 Å². The molecule has 1 rings (SSSR count). The predicted molar refractivity (Wildman–Crippen MR) is 48.3 cm³/mol. The van der Waals surface area contributed by atoms with Gasteiger partial charge in [0.15, 0.2) is 0 Å². The van der Waals surface area contributed by atoms with Crippen LogP contribution in [0.4, 0.5) is 4.79 Å². The monoisotopic (exact) mass is 185 g/mol. The van der Waals surface area contributed by atoms with Crippen LogP contribution in [0.5, 0.6) is 0 Å². The summed E-state index contributed by atoms with van der Waals surface area (Å²) in [6.45, 7) is 0.517. The third-order valence-electron chi connectivity index (χ3n) is 1.99. The van der Waals surface area contributed by atoms with Crippen molar-refractivity contribution in [2.24, 2.45) is 0 Å². The maximum absolute atomic E-state index is 11.1. The van der Waals surface area contributed by atoms with Crippen LogP contribution in [0, 0.1) is 0 Å². The smallest absolute Gasteiger partial charge is 0.316 e. The number of nitrogens with zero attached hydrogens (tertiary/aromatic N) is 1. The SMILES string of the molecule is CN(C)C(=O)NCC1CCC(=O)N1. The number of hydrogen-bond acceptors (Lipinski definition) is 2. The third kappa shape index (κ3) is 2.93. The Hall–Kier alpha value is -1.26. The van der Waals surface area contributed by atoms with E-state index in [2.05, 4.69) is 10.6 Å². The molecule has 5 heteroatoms. The van der Waals surface area contributed by atoms with Crippen LogP contribution < -0.4 is 10.6 Å². The van der Waals surface area contributed by atoms with Crippen molar-refractivity contribution < 1.29 is 9.59 Å². The van der Waals surface area contributed by atoms with Crippen LogP contribution in [-0.4, -0.2) is 43.5 Å². The van der Waals surface area contributed by atoms with E-state index in [1.165, 1.54) is 4.90 Å². The van der Waals surface area contributed by atoms with Crippen LogP contribution in [0.25, 0.3) is 0 Å². The normalized spacial score (nSPS) is 21.1. The number of amides is 3. The molecular formula is C8H15N3O2. The van der Waals surface area contributed by atoms with Gasteiger partial charge in [0.1, 0.15) is 0 Å². The Kier molecular flexibility index (Phi) is 3.11. The van der Waals surface area contributed by atoms with E-state index < -0.39 is 0 Å². The molecule has 1 atom stereocenters. The largest absolute Gasteiger partial charge is 0.352 e. The van der Waals surface area contributed by atoms with E-state index in [1.807, 2.05) is 0 Å². The van der Waals surface area contributed by atoms with Crippen LogP contribution in [0.2, 0.25) is 0 Å². The molecule has 74 valence electrons. The van der Waals surface area contributed by atoms with Crippen molar-refractivity contribution in [2.45, 2.75) is 18.9 Å². The van der Waals surface area contributed by atoms with Gasteiger partial charge >= 0.3 is 6.03 Å². The van der Waals surface area contributed by atoms with Crippen molar-refractivity contribution in [3.63, 3.8) is 0 Å². The number of nitrogens with one attached hydrogen (secondary N) is 2. The highest BCUT2D eigenvalue weighted by atomic mass is 16.2. The molecule has 3 amide bonds. The van der Waals surface area contributed by atoms with Gasteiger partial charge in [-0.2, -0.15) is 0 Å². The van der Waals surface area contributed by atoms with E-state index in [9.17, 15) is 9.59 Å². The molecule has 0 aromatic heterocycles. The highest BCUT2D eigenvalue weighted by Gasteiger charge is 2.20. The Bertz CT molecular complexity index is 215. The molecule has 1 saturated heterocycles. The average molecular weight is 185 g/mol. The van der Waals surface area contributed by atoms with Crippen molar-refractivity contribution in [2.75, 3.05) is 20.6 Å². The maximum Gasteiger partial charge on any atom is 0.316 e. The summed E-state index contributed by atoms with van der Waals surface area (Å²) in [7, 11) is 3.37. The Balaban J connectivity index is 2.19. The van der Waals surface area contributed by atoms with Gasteiger partial charge in [0.25, 0.3) is 0 Å². The van der Waals surface area contributed by atoms with Crippen LogP contribution in [0.1, 0.15) is 12.8 Å². The zero-order valence-electron chi connectivity index (χ0n) is 7.96. The molecular weight excluding hydrogens is 170 g/mol. The molecule has 1 aliphatic heterocycles. The fourth-order valence-corrected chi connectivity index (χ4v) is 1.20. The second-order valence-corrected chi connectivity index (χ2v) is 3.38. The average Bonchev–Trinajstić information content (AvgIpc) is 2.47. The van der Waals surface area contributed by atoms with Gasteiger partial charge in [-0.05, 0) is 6.42 Å². The molecule has 0 spiro atoms. The van der Waals surface area contributed by atoms with Gasteiger partial charge in [-0.25, -0.2) is 4.79 Å². The second kappa shape index (κ2) is 4.11. The quantitative estimate of drug-likeness (QED) is 0.611. The van der Waals surface area contributed by atoms with E-state index >= 15 is 0 Å². The maximum atomic E-state index is 11.1. The van der Waals surface area contributed by atoms with Crippen molar-refractivity contribution in [3.8, 4) is 0 Å². The van der Waals surface area contributed by atoms with Crippen molar-refractivity contribution in [3.05, 3.63) is 0 Å². The number of urea groups is 1. The minimum absolute atomic E-state index is 0.0732.